The Hall–Kier alpha value is -3.82. The molecule has 8 nitrogen and oxygen atoms in total. The van der Waals surface area contributed by atoms with Crippen molar-refractivity contribution in [3.05, 3.63) is 58.5 Å². The highest BCUT2D eigenvalue weighted by molar-refractivity contribution is 6.51. The quantitative estimate of drug-likeness (QED) is 0.269. The van der Waals surface area contributed by atoms with Crippen molar-refractivity contribution in [1.82, 2.24) is 15.3 Å². The molecule has 2 unspecified atom stereocenters. The topological polar surface area (TPSA) is 103 Å². The summed E-state index contributed by atoms with van der Waals surface area (Å²) in [4.78, 5) is 17.8. The lowest BCUT2D eigenvalue weighted by Crippen LogP contribution is -2.51. The van der Waals surface area contributed by atoms with E-state index >= 15 is 4.39 Å². The molecule has 0 radical (unpaired) electrons. The molecule has 0 amide bonds. The number of anilines is 1. The van der Waals surface area contributed by atoms with Crippen LogP contribution in [0.1, 0.15) is 82.7 Å². The summed E-state index contributed by atoms with van der Waals surface area (Å²) in [5.41, 5.74) is 6.17. The van der Waals surface area contributed by atoms with Crippen molar-refractivity contribution in [2.45, 2.75) is 84.8 Å². The van der Waals surface area contributed by atoms with E-state index in [1.807, 2.05) is 20.8 Å². The van der Waals surface area contributed by atoms with Gasteiger partial charge in [-0.25, -0.2) is 4.39 Å². The smallest absolute Gasteiger partial charge is 0.318 e. The van der Waals surface area contributed by atoms with Crippen LogP contribution in [0.25, 0.3) is 27.5 Å². The van der Waals surface area contributed by atoms with Crippen LogP contribution < -0.4 is 15.0 Å². The highest BCUT2D eigenvalue weighted by atomic mass is 19.1. The van der Waals surface area contributed by atoms with E-state index < -0.39 is 0 Å². The maximum atomic E-state index is 15.4. The Bertz CT molecular complexity index is 1800. The first-order chi connectivity index (χ1) is 22.1. The van der Waals surface area contributed by atoms with Gasteiger partial charge in [-0.15, -0.1) is 0 Å². The number of piperazine rings is 1. The number of rotatable bonds is 8. The number of hydrogen-bond donors (Lipinski definition) is 3. The third-order valence-corrected chi connectivity index (χ3v) is 10.1. The maximum absolute atomic E-state index is 15.4. The number of benzene rings is 2. The SMILES string of the molecule is C/C=C1\C(=NC(C)C)C(c2cc(O)cc3ccc(F)c(CC)c23)=C(C)c2nc(OCC3(CO)CC3)nc(N3CC4CCC(C3)N4)c21. The lowest BCUT2D eigenvalue weighted by Gasteiger charge is -2.37. The van der Waals surface area contributed by atoms with Crippen LogP contribution in [0.15, 0.2) is 35.3 Å². The summed E-state index contributed by atoms with van der Waals surface area (Å²) in [6, 6.07) is 7.69. The van der Waals surface area contributed by atoms with Crippen LogP contribution >= 0.6 is 0 Å². The first kappa shape index (κ1) is 30.8. The van der Waals surface area contributed by atoms with Crippen molar-refractivity contribution >= 4 is 39.0 Å². The molecule has 1 saturated carbocycles. The van der Waals surface area contributed by atoms with Crippen LogP contribution in [0.5, 0.6) is 11.8 Å². The Morgan fingerprint density at radius 3 is 2.54 bits per heavy atom. The zero-order valence-corrected chi connectivity index (χ0v) is 27.5. The highest BCUT2D eigenvalue weighted by Gasteiger charge is 2.44. The van der Waals surface area contributed by atoms with E-state index in [0.717, 1.165) is 94.6 Å². The van der Waals surface area contributed by atoms with Gasteiger partial charge in [0.2, 0.25) is 0 Å². The van der Waals surface area contributed by atoms with Gasteiger partial charge in [-0.05, 0) is 105 Å². The number of halogens is 1. The Labute approximate surface area is 270 Å². The van der Waals surface area contributed by atoms with E-state index in [1.54, 1.807) is 18.2 Å². The number of phenolic OH excluding ortho intramolecular Hbond substituents is 1. The second-order valence-corrected chi connectivity index (χ2v) is 13.8. The van der Waals surface area contributed by atoms with Gasteiger partial charge < -0.3 is 25.2 Å². The molecule has 2 bridgehead atoms. The summed E-state index contributed by atoms with van der Waals surface area (Å²) < 4.78 is 21.7. The van der Waals surface area contributed by atoms with Gasteiger partial charge in [-0.3, -0.25) is 4.99 Å². The summed E-state index contributed by atoms with van der Waals surface area (Å²) in [5.74, 6) is 0.670. The predicted molar refractivity (Wildman–Crippen MR) is 182 cm³/mol. The average Bonchev–Trinajstić information content (AvgIpc) is 3.75. The molecule has 3 fully saturated rings. The minimum absolute atomic E-state index is 0.0320. The number of allylic oxidation sites excluding steroid dienone is 4. The first-order valence-corrected chi connectivity index (χ1v) is 16.7. The monoisotopic (exact) mass is 625 g/mol. The molecule has 2 saturated heterocycles. The normalized spacial score (nSPS) is 23.6. The minimum Gasteiger partial charge on any atom is -0.508 e. The number of aliphatic imine (C=N–C) groups is 1. The third-order valence-electron chi connectivity index (χ3n) is 10.1. The van der Waals surface area contributed by atoms with Gasteiger partial charge in [-0.2, -0.15) is 9.97 Å². The maximum Gasteiger partial charge on any atom is 0.318 e. The molecule has 46 heavy (non-hydrogen) atoms. The number of ether oxygens (including phenoxy) is 1. The number of phenols is 1. The number of fused-ring (bicyclic) bond motifs is 4. The van der Waals surface area contributed by atoms with Crippen molar-refractivity contribution < 1.29 is 19.3 Å². The van der Waals surface area contributed by atoms with Crippen LogP contribution in [0.3, 0.4) is 0 Å². The fraction of sp³-hybridized carbons (Fsp3) is 0.486. The minimum atomic E-state index is -0.267. The van der Waals surface area contributed by atoms with Crippen LogP contribution in [0.4, 0.5) is 10.2 Å². The fourth-order valence-corrected chi connectivity index (χ4v) is 7.55. The second kappa shape index (κ2) is 11.8. The molecule has 3 heterocycles. The van der Waals surface area contributed by atoms with Crippen molar-refractivity contribution in [1.29, 1.82) is 0 Å². The van der Waals surface area contributed by atoms with Gasteiger partial charge in [0.1, 0.15) is 17.4 Å². The summed E-state index contributed by atoms with van der Waals surface area (Å²) in [6.45, 7) is 12.2. The van der Waals surface area contributed by atoms with Gasteiger partial charge in [0.05, 0.1) is 30.2 Å². The first-order valence-electron chi connectivity index (χ1n) is 16.7. The van der Waals surface area contributed by atoms with Crippen molar-refractivity contribution in [2.75, 3.05) is 31.2 Å². The Morgan fingerprint density at radius 1 is 1.17 bits per heavy atom. The van der Waals surface area contributed by atoms with Crippen LogP contribution in [0.2, 0.25) is 0 Å². The Kier molecular flexibility index (Phi) is 7.88. The Morgan fingerprint density at radius 2 is 1.91 bits per heavy atom. The van der Waals surface area contributed by atoms with Crippen molar-refractivity contribution in [2.24, 2.45) is 10.4 Å². The number of hydrogen-bond acceptors (Lipinski definition) is 8. The van der Waals surface area contributed by atoms with E-state index in [9.17, 15) is 10.2 Å². The molecule has 242 valence electrons. The van der Waals surface area contributed by atoms with E-state index in [1.165, 1.54) is 6.07 Å². The third kappa shape index (κ3) is 5.27. The lowest BCUT2D eigenvalue weighted by atomic mass is 9.78. The molecule has 2 atom stereocenters. The van der Waals surface area contributed by atoms with Gasteiger partial charge in [-0.1, -0.05) is 19.1 Å². The van der Waals surface area contributed by atoms with Crippen LogP contribution in [0, 0.1) is 11.2 Å². The zero-order valence-electron chi connectivity index (χ0n) is 27.5. The van der Waals surface area contributed by atoms with E-state index in [-0.39, 0.29) is 29.6 Å². The number of aromatic hydroxyl groups is 1. The van der Waals surface area contributed by atoms with Crippen LogP contribution in [-0.2, 0) is 6.42 Å². The molecule has 9 heteroatoms. The van der Waals surface area contributed by atoms with Crippen molar-refractivity contribution in [3.8, 4) is 11.8 Å². The second-order valence-electron chi connectivity index (χ2n) is 13.8. The number of nitrogens with one attached hydrogen (secondary N) is 1. The molecular weight excluding hydrogens is 581 g/mol. The summed E-state index contributed by atoms with van der Waals surface area (Å²) in [6.07, 6.45) is 6.69. The van der Waals surface area contributed by atoms with E-state index in [2.05, 4.69) is 30.1 Å². The summed E-state index contributed by atoms with van der Waals surface area (Å²) >= 11 is 0. The largest absolute Gasteiger partial charge is 0.508 e. The number of aromatic nitrogens is 2. The predicted octanol–water partition coefficient (Wildman–Crippen LogP) is 6.33. The van der Waals surface area contributed by atoms with Crippen LogP contribution in [-0.4, -0.2) is 70.3 Å². The van der Waals surface area contributed by atoms with Crippen molar-refractivity contribution in [3.63, 3.8) is 0 Å². The number of aliphatic hydroxyl groups excluding tert-OH is 1. The van der Waals surface area contributed by atoms with E-state index in [0.29, 0.717) is 36.7 Å². The summed E-state index contributed by atoms with van der Waals surface area (Å²) in [7, 11) is 0. The van der Waals surface area contributed by atoms with Gasteiger partial charge >= 0.3 is 6.01 Å². The fourth-order valence-electron chi connectivity index (χ4n) is 7.55. The number of nitrogens with zero attached hydrogens (tertiary/aromatic N) is 4. The standard InChI is InChI=1S/C37H44FN5O3/c1-6-26-29(38)11-8-22-14-25(45)15-28(31(22)26)30-21(5)33-32(27(7-2)34(30)39-20(3)4)35(43-16-23-9-10-24(17-43)40-23)42-36(41-33)46-19-37(18-44)12-13-37/h7-8,11,14-15,20,23-24,40,44-45H,6,9-10,12-13,16-19H2,1-5H3/b27-7-,39-34?. The van der Waals surface area contributed by atoms with Gasteiger partial charge in [0.25, 0.3) is 0 Å². The molecule has 2 aromatic carbocycles. The average molecular weight is 626 g/mol. The van der Waals surface area contributed by atoms with Gasteiger partial charge in [0.15, 0.2) is 0 Å². The molecule has 7 rings (SSSR count). The zero-order chi connectivity index (χ0) is 32.3. The molecule has 4 aliphatic rings. The molecular formula is C37H44FN5O3. The number of aliphatic hydroxyl groups is 1. The molecule has 3 aromatic rings. The number of aryl methyl sites for hydroxylation is 1. The molecule has 2 aliphatic heterocycles. The molecule has 0 spiro atoms. The molecule has 2 aliphatic carbocycles. The molecule has 3 N–H and O–H groups in total. The summed E-state index contributed by atoms with van der Waals surface area (Å²) in [5, 5.41) is 26.2. The van der Waals surface area contributed by atoms with E-state index in [4.69, 9.17) is 19.7 Å². The van der Waals surface area contributed by atoms with Gasteiger partial charge in [0, 0.05) is 47.8 Å². The highest BCUT2D eigenvalue weighted by Crippen LogP contribution is 2.48. The molecule has 1 aromatic heterocycles. The lowest BCUT2D eigenvalue weighted by molar-refractivity contribution is 0.140. The Balaban J connectivity index is 1.51.